The van der Waals surface area contributed by atoms with Gasteiger partial charge in [-0.15, -0.1) is 0 Å². The van der Waals surface area contributed by atoms with Crippen molar-refractivity contribution < 1.29 is 24.5 Å². The van der Waals surface area contributed by atoms with Gasteiger partial charge in [0.05, 0.1) is 25.4 Å². The molecule has 0 rings (SSSR count). The van der Waals surface area contributed by atoms with E-state index in [-0.39, 0.29) is 18.5 Å². The zero-order valence-electron chi connectivity index (χ0n) is 52.0. The van der Waals surface area contributed by atoms with Crippen LogP contribution in [0.15, 0.2) is 36.5 Å². The third kappa shape index (κ3) is 63.1. The normalized spacial score (nSPS) is 12.7. The molecule has 6 nitrogen and oxygen atoms in total. The van der Waals surface area contributed by atoms with Gasteiger partial charge in [-0.1, -0.05) is 320 Å². The maximum absolute atomic E-state index is 12.5. The number of allylic oxidation sites excluding steroid dienone is 6. The van der Waals surface area contributed by atoms with Crippen molar-refractivity contribution in [3.8, 4) is 0 Å². The lowest BCUT2D eigenvalue weighted by Gasteiger charge is -2.22. The van der Waals surface area contributed by atoms with Crippen molar-refractivity contribution in [1.29, 1.82) is 0 Å². The quantitative estimate of drug-likeness (QED) is 0.0320. The molecule has 6 heteroatoms. The molecule has 0 aromatic heterocycles. The fourth-order valence-corrected chi connectivity index (χ4v) is 10.8. The van der Waals surface area contributed by atoms with E-state index < -0.39 is 12.1 Å². The first-order chi connectivity index (χ1) is 38.0. The predicted molar refractivity (Wildman–Crippen MR) is 338 cm³/mol. The SMILES string of the molecule is CCCCCCC/C=C\CCCCCCCC(=O)OCCCCCCCCCCC/C=C\C/C=C\CCCCCCCCCCCCCCCCCC(=O)NC(CO)C(O)CCCCCCCCCCCCCCCCC. The number of carbonyl (C=O) groups excluding carboxylic acids is 2. The molecule has 0 aromatic rings. The summed E-state index contributed by atoms with van der Waals surface area (Å²) in [7, 11) is 0. The predicted octanol–water partition coefficient (Wildman–Crippen LogP) is 22.3. The van der Waals surface area contributed by atoms with E-state index in [1.807, 2.05) is 0 Å². The zero-order chi connectivity index (χ0) is 55.7. The van der Waals surface area contributed by atoms with E-state index in [2.05, 4.69) is 55.6 Å². The fraction of sp³-hybridized carbons (Fsp3) is 0.887. The van der Waals surface area contributed by atoms with Gasteiger partial charge in [-0.25, -0.2) is 0 Å². The van der Waals surface area contributed by atoms with Crippen molar-refractivity contribution in [2.75, 3.05) is 13.2 Å². The Hall–Kier alpha value is -1.92. The number of hydrogen-bond donors (Lipinski definition) is 3. The summed E-state index contributed by atoms with van der Waals surface area (Å²) in [5, 5.41) is 23.3. The summed E-state index contributed by atoms with van der Waals surface area (Å²) in [6.45, 7) is 4.96. The second-order valence-corrected chi connectivity index (χ2v) is 23.9. The second kappa shape index (κ2) is 66.6. The van der Waals surface area contributed by atoms with Crippen LogP contribution in [0, 0.1) is 0 Å². The van der Waals surface area contributed by atoms with Gasteiger partial charge in [0.2, 0.25) is 5.91 Å². The van der Waals surface area contributed by atoms with Crippen LogP contribution in [-0.4, -0.2) is 47.4 Å². The first-order valence-corrected chi connectivity index (χ1v) is 34.7. The lowest BCUT2D eigenvalue weighted by Crippen LogP contribution is -2.45. The van der Waals surface area contributed by atoms with Gasteiger partial charge in [0.1, 0.15) is 0 Å². The van der Waals surface area contributed by atoms with Crippen LogP contribution in [-0.2, 0) is 14.3 Å². The van der Waals surface area contributed by atoms with E-state index in [1.165, 1.54) is 295 Å². The van der Waals surface area contributed by atoms with Gasteiger partial charge >= 0.3 is 5.97 Å². The zero-order valence-corrected chi connectivity index (χ0v) is 52.0. The van der Waals surface area contributed by atoms with Crippen LogP contribution in [0.2, 0.25) is 0 Å². The minimum atomic E-state index is -0.664. The van der Waals surface area contributed by atoms with Crippen LogP contribution < -0.4 is 5.32 Å². The molecular formula is C71H135NO5. The first kappa shape index (κ1) is 75.1. The molecule has 0 fully saturated rings. The Balaban J connectivity index is 3.39. The Kier molecular flexibility index (Phi) is 64.9. The lowest BCUT2D eigenvalue weighted by molar-refractivity contribution is -0.143. The lowest BCUT2D eigenvalue weighted by atomic mass is 10.0. The van der Waals surface area contributed by atoms with Gasteiger partial charge in [0.15, 0.2) is 0 Å². The molecule has 0 aliphatic heterocycles. The molecule has 2 unspecified atom stereocenters. The third-order valence-electron chi connectivity index (χ3n) is 16.2. The Bertz CT molecular complexity index is 1250. The van der Waals surface area contributed by atoms with Gasteiger partial charge in [0, 0.05) is 12.8 Å². The van der Waals surface area contributed by atoms with E-state index in [4.69, 9.17) is 4.74 Å². The van der Waals surface area contributed by atoms with Gasteiger partial charge in [-0.2, -0.15) is 0 Å². The van der Waals surface area contributed by atoms with Crippen molar-refractivity contribution >= 4 is 11.9 Å². The van der Waals surface area contributed by atoms with Gasteiger partial charge in [0.25, 0.3) is 0 Å². The first-order valence-electron chi connectivity index (χ1n) is 34.7. The van der Waals surface area contributed by atoms with Crippen molar-refractivity contribution in [3.63, 3.8) is 0 Å². The van der Waals surface area contributed by atoms with Gasteiger partial charge < -0.3 is 20.3 Å². The molecule has 0 aliphatic carbocycles. The molecule has 2 atom stereocenters. The molecule has 0 saturated carbocycles. The number of hydrogen-bond acceptors (Lipinski definition) is 5. The molecule has 0 radical (unpaired) electrons. The molecule has 3 N–H and O–H groups in total. The average molecular weight is 1080 g/mol. The van der Waals surface area contributed by atoms with Crippen LogP contribution in [0.1, 0.15) is 380 Å². The van der Waals surface area contributed by atoms with E-state index in [0.29, 0.717) is 25.9 Å². The molecule has 77 heavy (non-hydrogen) atoms. The number of aliphatic hydroxyl groups is 2. The minimum Gasteiger partial charge on any atom is -0.466 e. The highest BCUT2D eigenvalue weighted by Crippen LogP contribution is 2.18. The molecule has 0 aliphatic rings. The van der Waals surface area contributed by atoms with Crippen LogP contribution in [0.5, 0.6) is 0 Å². The Morgan fingerprint density at radius 2 is 0.649 bits per heavy atom. The number of rotatable bonds is 65. The summed E-state index contributed by atoms with van der Waals surface area (Å²) >= 11 is 0. The Morgan fingerprint density at radius 1 is 0.364 bits per heavy atom. The minimum absolute atomic E-state index is 0.00489. The summed E-state index contributed by atoms with van der Waals surface area (Å²) in [5.74, 6) is -0.0271. The monoisotopic (exact) mass is 1080 g/mol. The molecule has 1 amide bonds. The number of carbonyl (C=O) groups is 2. The van der Waals surface area contributed by atoms with E-state index >= 15 is 0 Å². The van der Waals surface area contributed by atoms with E-state index in [9.17, 15) is 19.8 Å². The molecule has 0 saturated heterocycles. The molecule has 0 aromatic carbocycles. The van der Waals surface area contributed by atoms with Crippen LogP contribution in [0.4, 0.5) is 0 Å². The number of amides is 1. The highest BCUT2D eigenvalue weighted by atomic mass is 16.5. The number of esters is 1. The van der Waals surface area contributed by atoms with Gasteiger partial charge in [-0.3, -0.25) is 9.59 Å². The summed E-state index contributed by atoms with van der Waals surface area (Å²) in [6, 6.07) is -0.541. The molecule has 0 bridgehead atoms. The largest absolute Gasteiger partial charge is 0.466 e. The summed E-state index contributed by atoms with van der Waals surface area (Å²) in [5.41, 5.74) is 0. The molecule has 0 heterocycles. The number of nitrogens with one attached hydrogen (secondary N) is 1. The number of unbranched alkanes of at least 4 members (excludes halogenated alkanes) is 48. The fourth-order valence-electron chi connectivity index (χ4n) is 10.8. The highest BCUT2D eigenvalue weighted by Gasteiger charge is 2.20. The smallest absolute Gasteiger partial charge is 0.305 e. The van der Waals surface area contributed by atoms with Gasteiger partial charge in [-0.05, 0) is 83.5 Å². The third-order valence-corrected chi connectivity index (χ3v) is 16.2. The van der Waals surface area contributed by atoms with E-state index in [1.54, 1.807) is 0 Å². The number of ether oxygens (including phenoxy) is 1. The topological polar surface area (TPSA) is 95.9 Å². The van der Waals surface area contributed by atoms with Crippen molar-refractivity contribution in [2.45, 2.75) is 392 Å². The molecular weight excluding hydrogens is 947 g/mol. The molecule has 454 valence electrons. The highest BCUT2D eigenvalue weighted by molar-refractivity contribution is 5.76. The maximum atomic E-state index is 12.5. The van der Waals surface area contributed by atoms with Crippen LogP contribution in [0.3, 0.4) is 0 Å². The van der Waals surface area contributed by atoms with Crippen molar-refractivity contribution in [3.05, 3.63) is 36.5 Å². The Labute approximate surface area is 481 Å². The van der Waals surface area contributed by atoms with Crippen LogP contribution >= 0.6 is 0 Å². The Morgan fingerprint density at radius 3 is 1.00 bits per heavy atom. The standard InChI is InChI=1S/C71H135NO5/c1-3-5-7-9-11-13-15-17-36-39-43-47-51-55-59-63-69(74)68(67-73)72-70(75)64-60-56-52-48-44-40-37-34-32-30-28-26-24-22-20-19-21-23-25-27-29-31-33-35-38-42-46-50-54-58-62-66-77-71(76)65-61-57-53-49-45-41-18-16-14-12-10-8-6-4-2/h16,18,21,23,27,29,68-69,73-74H,3-15,17,19-20,22,24-26,28,30-67H2,1-2H3,(H,72,75)/b18-16-,23-21-,29-27-. The molecule has 0 spiro atoms. The van der Waals surface area contributed by atoms with Crippen LogP contribution in [0.25, 0.3) is 0 Å². The van der Waals surface area contributed by atoms with E-state index in [0.717, 1.165) is 51.4 Å². The average Bonchev–Trinajstić information content (AvgIpc) is 3.43. The second-order valence-electron chi connectivity index (χ2n) is 23.9. The maximum Gasteiger partial charge on any atom is 0.305 e. The van der Waals surface area contributed by atoms with Crippen molar-refractivity contribution in [2.24, 2.45) is 0 Å². The number of aliphatic hydroxyl groups excluding tert-OH is 2. The summed E-state index contributed by atoms with van der Waals surface area (Å²) in [6.07, 6.45) is 84.7. The van der Waals surface area contributed by atoms with Crippen molar-refractivity contribution in [1.82, 2.24) is 5.32 Å². The summed E-state index contributed by atoms with van der Waals surface area (Å²) < 4.78 is 5.48. The summed E-state index contributed by atoms with van der Waals surface area (Å²) in [4.78, 5) is 24.6.